The molecule has 1 aromatic carbocycles. The van der Waals surface area contributed by atoms with E-state index < -0.39 is 17.8 Å². The first-order chi connectivity index (χ1) is 8.47. The number of rotatable bonds is 2. The van der Waals surface area contributed by atoms with E-state index in [1.807, 2.05) is 0 Å². The molecule has 2 atom stereocenters. The Morgan fingerprint density at radius 2 is 1.67 bits per heavy atom. The fourth-order valence-electron chi connectivity index (χ4n) is 2.25. The Morgan fingerprint density at radius 3 is 2.22 bits per heavy atom. The second-order valence-corrected chi connectivity index (χ2v) is 4.68. The molecule has 0 amide bonds. The molecule has 0 heterocycles. The summed E-state index contributed by atoms with van der Waals surface area (Å²) in [6.45, 7) is 0. The quantitative estimate of drug-likeness (QED) is 0.853. The summed E-state index contributed by atoms with van der Waals surface area (Å²) in [6, 6.07) is 4.86. The summed E-state index contributed by atoms with van der Waals surface area (Å²) in [4.78, 5) is 0. The van der Waals surface area contributed by atoms with E-state index in [1.54, 1.807) is 0 Å². The molecule has 2 rings (SSSR count). The van der Waals surface area contributed by atoms with Crippen molar-refractivity contribution in [3.8, 4) is 0 Å². The summed E-state index contributed by atoms with van der Waals surface area (Å²) in [5.41, 5.74) is -0.0359. The van der Waals surface area contributed by atoms with Crippen molar-refractivity contribution in [3.63, 3.8) is 0 Å². The van der Waals surface area contributed by atoms with E-state index >= 15 is 0 Å². The van der Waals surface area contributed by atoms with Gasteiger partial charge in [-0.15, -0.1) is 0 Å². The van der Waals surface area contributed by atoms with Crippen molar-refractivity contribution in [2.75, 3.05) is 5.32 Å². The van der Waals surface area contributed by atoms with Gasteiger partial charge in [-0.3, -0.25) is 0 Å². The molecule has 2 nitrogen and oxygen atoms in total. The van der Waals surface area contributed by atoms with Crippen LogP contribution in [0.25, 0.3) is 0 Å². The number of anilines is 1. The van der Waals surface area contributed by atoms with Crippen molar-refractivity contribution in [2.24, 2.45) is 0 Å². The lowest BCUT2D eigenvalue weighted by Gasteiger charge is -2.29. The lowest BCUT2D eigenvalue weighted by molar-refractivity contribution is -0.137. The highest BCUT2D eigenvalue weighted by Crippen LogP contribution is 2.30. The van der Waals surface area contributed by atoms with Crippen LogP contribution in [0.2, 0.25) is 0 Å². The molecule has 5 heteroatoms. The largest absolute Gasteiger partial charge is 0.416 e. The number of halogens is 3. The van der Waals surface area contributed by atoms with Gasteiger partial charge in [0.2, 0.25) is 0 Å². The third-order valence-corrected chi connectivity index (χ3v) is 3.29. The average Bonchev–Trinajstić information content (AvgIpc) is 2.32. The van der Waals surface area contributed by atoms with Gasteiger partial charge in [-0.05, 0) is 37.1 Å². The Bertz CT molecular complexity index is 388. The van der Waals surface area contributed by atoms with Crippen molar-refractivity contribution >= 4 is 5.69 Å². The summed E-state index contributed by atoms with van der Waals surface area (Å²) in [7, 11) is 0. The smallest absolute Gasteiger partial charge is 0.391 e. The first kappa shape index (κ1) is 13.2. The van der Waals surface area contributed by atoms with E-state index in [0.717, 1.165) is 37.8 Å². The van der Waals surface area contributed by atoms with Gasteiger partial charge in [-0.1, -0.05) is 12.8 Å². The summed E-state index contributed by atoms with van der Waals surface area (Å²) in [6.07, 6.45) is -1.08. The number of hydrogen-bond acceptors (Lipinski definition) is 2. The predicted molar refractivity (Wildman–Crippen MR) is 63.3 cm³/mol. The highest BCUT2D eigenvalue weighted by Gasteiger charge is 2.30. The molecular weight excluding hydrogens is 243 g/mol. The Hall–Kier alpha value is -1.23. The van der Waals surface area contributed by atoms with Crippen LogP contribution < -0.4 is 5.32 Å². The minimum absolute atomic E-state index is 0.0597. The van der Waals surface area contributed by atoms with Gasteiger partial charge in [-0.2, -0.15) is 13.2 Å². The van der Waals surface area contributed by atoms with Gasteiger partial charge in [-0.25, -0.2) is 0 Å². The second kappa shape index (κ2) is 5.18. The molecule has 0 radical (unpaired) electrons. The molecule has 100 valence electrons. The minimum atomic E-state index is -4.30. The maximum Gasteiger partial charge on any atom is 0.416 e. The maximum atomic E-state index is 12.4. The van der Waals surface area contributed by atoms with Gasteiger partial charge >= 0.3 is 6.18 Å². The van der Waals surface area contributed by atoms with Crippen LogP contribution in [0.5, 0.6) is 0 Å². The number of alkyl halides is 3. The number of benzene rings is 1. The van der Waals surface area contributed by atoms with E-state index in [2.05, 4.69) is 5.32 Å². The lowest BCUT2D eigenvalue weighted by Crippen LogP contribution is -2.36. The van der Waals surface area contributed by atoms with Gasteiger partial charge in [0.05, 0.1) is 17.7 Å². The Kier molecular flexibility index (Phi) is 3.80. The average molecular weight is 259 g/mol. The Labute approximate surface area is 104 Å². The van der Waals surface area contributed by atoms with Crippen molar-refractivity contribution in [3.05, 3.63) is 29.8 Å². The first-order valence-corrected chi connectivity index (χ1v) is 6.09. The van der Waals surface area contributed by atoms with Gasteiger partial charge in [0.25, 0.3) is 0 Å². The molecule has 2 unspecified atom stereocenters. The van der Waals surface area contributed by atoms with Crippen LogP contribution in [0.4, 0.5) is 18.9 Å². The van der Waals surface area contributed by atoms with Crippen molar-refractivity contribution in [2.45, 2.75) is 44.0 Å². The zero-order valence-electron chi connectivity index (χ0n) is 9.87. The Balaban J connectivity index is 2.02. The van der Waals surface area contributed by atoms with Crippen LogP contribution in [0.1, 0.15) is 31.2 Å². The van der Waals surface area contributed by atoms with Crippen LogP contribution in [-0.4, -0.2) is 17.3 Å². The van der Waals surface area contributed by atoms with Crippen LogP contribution in [0.15, 0.2) is 24.3 Å². The standard InChI is InChI=1S/C13H16F3NO/c14-13(15,16)9-5-7-10(8-6-9)17-11-3-1-2-4-12(11)18/h5-8,11-12,17-18H,1-4H2. The number of nitrogens with one attached hydrogen (secondary N) is 1. The summed E-state index contributed by atoms with van der Waals surface area (Å²) in [5.74, 6) is 0. The second-order valence-electron chi connectivity index (χ2n) is 4.68. The molecule has 0 bridgehead atoms. The van der Waals surface area contributed by atoms with Crippen molar-refractivity contribution in [1.82, 2.24) is 0 Å². The zero-order valence-corrected chi connectivity index (χ0v) is 9.87. The van der Waals surface area contributed by atoms with Crippen LogP contribution in [0.3, 0.4) is 0 Å². The topological polar surface area (TPSA) is 32.3 Å². The lowest BCUT2D eigenvalue weighted by atomic mass is 9.92. The van der Waals surface area contributed by atoms with Crippen molar-refractivity contribution in [1.29, 1.82) is 0 Å². The molecule has 1 aliphatic carbocycles. The van der Waals surface area contributed by atoms with Crippen LogP contribution >= 0.6 is 0 Å². The summed E-state index contributed by atoms with van der Waals surface area (Å²) >= 11 is 0. The summed E-state index contributed by atoms with van der Waals surface area (Å²) < 4.78 is 37.1. The molecule has 18 heavy (non-hydrogen) atoms. The monoisotopic (exact) mass is 259 g/mol. The minimum Gasteiger partial charge on any atom is -0.391 e. The maximum absolute atomic E-state index is 12.4. The van der Waals surface area contributed by atoms with Gasteiger partial charge in [0, 0.05) is 5.69 Å². The number of aliphatic hydroxyl groups excluding tert-OH is 1. The highest BCUT2D eigenvalue weighted by atomic mass is 19.4. The van der Waals surface area contributed by atoms with Crippen LogP contribution in [0, 0.1) is 0 Å². The molecule has 1 saturated carbocycles. The van der Waals surface area contributed by atoms with Gasteiger partial charge in [0.1, 0.15) is 0 Å². The Morgan fingerprint density at radius 1 is 1.06 bits per heavy atom. The first-order valence-electron chi connectivity index (χ1n) is 6.09. The summed E-state index contributed by atoms with van der Waals surface area (Å²) in [5, 5.41) is 12.9. The predicted octanol–water partition coefficient (Wildman–Crippen LogP) is 3.42. The van der Waals surface area contributed by atoms with Gasteiger partial charge in [0.15, 0.2) is 0 Å². The molecule has 2 N–H and O–H groups in total. The fraction of sp³-hybridized carbons (Fsp3) is 0.538. The normalized spacial score (nSPS) is 24.9. The number of aliphatic hydroxyl groups is 1. The molecule has 1 fully saturated rings. The van der Waals surface area contributed by atoms with E-state index in [1.165, 1.54) is 12.1 Å². The van der Waals surface area contributed by atoms with E-state index in [4.69, 9.17) is 0 Å². The van der Waals surface area contributed by atoms with Gasteiger partial charge < -0.3 is 10.4 Å². The fourth-order valence-corrected chi connectivity index (χ4v) is 2.25. The molecular formula is C13H16F3NO. The third-order valence-electron chi connectivity index (χ3n) is 3.29. The SMILES string of the molecule is OC1CCCCC1Nc1ccc(C(F)(F)F)cc1. The molecule has 1 aliphatic rings. The molecule has 0 saturated heterocycles. The van der Waals surface area contributed by atoms with Crippen molar-refractivity contribution < 1.29 is 18.3 Å². The highest BCUT2D eigenvalue weighted by molar-refractivity contribution is 5.46. The molecule has 0 spiro atoms. The molecule has 0 aliphatic heterocycles. The molecule has 1 aromatic rings. The van der Waals surface area contributed by atoms with E-state index in [-0.39, 0.29) is 6.04 Å². The van der Waals surface area contributed by atoms with E-state index in [0.29, 0.717) is 5.69 Å². The van der Waals surface area contributed by atoms with E-state index in [9.17, 15) is 18.3 Å². The van der Waals surface area contributed by atoms with Crippen LogP contribution in [-0.2, 0) is 6.18 Å². The zero-order chi connectivity index (χ0) is 13.2. The number of hydrogen-bond donors (Lipinski definition) is 2. The molecule has 0 aromatic heterocycles. The third kappa shape index (κ3) is 3.16.